The zero-order valence-electron chi connectivity index (χ0n) is 22.9. The van der Waals surface area contributed by atoms with Gasteiger partial charge in [0, 0.05) is 5.56 Å². The molecule has 208 valence electrons. The summed E-state index contributed by atoms with van der Waals surface area (Å²) in [6.07, 6.45) is 2.34. The van der Waals surface area contributed by atoms with Crippen molar-refractivity contribution in [3.63, 3.8) is 0 Å². The summed E-state index contributed by atoms with van der Waals surface area (Å²) in [7, 11) is 1.53. The lowest BCUT2D eigenvalue weighted by atomic mass is 9.99. The van der Waals surface area contributed by atoms with Crippen LogP contribution in [-0.4, -0.2) is 36.5 Å². The second kappa shape index (κ2) is 12.4. The number of nitrogens with one attached hydrogen (secondary N) is 1. The van der Waals surface area contributed by atoms with Crippen LogP contribution in [0, 0.1) is 0 Å². The lowest BCUT2D eigenvalue weighted by Crippen LogP contribution is -2.53. The highest BCUT2D eigenvalue weighted by Crippen LogP contribution is 2.33. The van der Waals surface area contributed by atoms with Crippen molar-refractivity contribution in [1.82, 2.24) is 10.2 Å². The number of methoxy groups -OCH3 is 1. The number of hydrogen-bond acceptors (Lipinski definition) is 6. The monoisotopic (exact) mass is 550 g/mol. The Labute approximate surface area is 238 Å². The molecule has 8 nitrogen and oxygen atoms in total. The van der Waals surface area contributed by atoms with Gasteiger partial charge in [0.1, 0.15) is 17.9 Å². The largest absolute Gasteiger partial charge is 0.493 e. The maximum Gasteiger partial charge on any atom is 0.331 e. The molecular formula is C33H30N2O6. The molecule has 4 amide bonds. The van der Waals surface area contributed by atoms with Crippen LogP contribution in [0.15, 0.2) is 90.5 Å². The average molecular weight is 551 g/mol. The molecule has 1 saturated heterocycles. The summed E-state index contributed by atoms with van der Waals surface area (Å²) < 4.78 is 17.3. The second-order valence-electron chi connectivity index (χ2n) is 9.52. The highest BCUT2D eigenvalue weighted by molar-refractivity contribution is 6.31. The summed E-state index contributed by atoms with van der Waals surface area (Å²) in [5.41, 5.74) is 2.02. The number of fused-ring (bicyclic) bond motifs is 1. The van der Waals surface area contributed by atoms with Gasteiger partial charge in [0.2, 0.25) is 0 Å². The Balaban J connectivity index is 1.48. The summed E-state index contributed by atoms with van der Waals surface area (Å²) in [5, 5.41) is 4.03. The molecule has 0 saturated carbocycles. The molecule has 0 bridgehead atoms. The summed E-state index contributed by atoms with van der Waals surface area (Å²) in [6.45, 7) is 2.78. The van der Waals surface area contributed by atoms with Gasteiger partial charge in [0.25, 0.3) is 11.8 Å². The fourth-order valence-electron chi connectivity index (χ4n) is 4.59. The molecular weight excluding hydrogens is 520 g/mol. The van der Waals surface area contributed by atoms with E-state index in [1.165, 1.54) is 13.2 Å². The maximum atomic E-state index is 13.6. The summed E-state index contributed by atoms with van der Waals surface area (Å²) in [4.78, 5) is 40.4. The Morgan fingerprint density at radius 1 is 0.805 bits per heavy atom. The van der Waals surface area contributed by atoms with E-state index in [-0.39, 0.29) is 12.1 Å². The minimum Gasteiger partial charge on any atom is -0.493 e. The van der Waals surface area contributed by atoms with E-state index in [0.29, 0.717) is 41.6 Å². The van der Waals surface area contributed by atoms with Crippen LogP contribution in [0.1, 0.15) is 30.0 Å². The molecule has 0 atom stereocenters. The minimum absolute atomic E-state index is 0.0629. The first-order valence-corrected chi connectivity index (χ1v) is 13.4. The van der Waals surface area contributed by atoms with Gasteiger partial charge in [-0.25, -0.2) is 4.79 Å². The van der Waals surface area contributed by atoms with Crippen molar-refractivity contribution in [2.75, 3.05) is 13.7 Å². The molecule has 0 radical (unpaired) electrons. The summed E-state index contributed by atoms with van der Waals surface area (Å²) in [6, 6.07) is 25.5. The molecule has 1 heterocycles. The van der Waals surface area contributed by atoms with E-state index in [4.69, 9.17) is 14.2 Å². The van der Waals surface area contributed by atoms with E-state index in [2.05, 4.69) is 5.32 Å². The normalized spacial score (nSPS) is 14.3. The van der Waals surface area contributed by atoms with E-state index >= 15 is 0 Å². The van der Waals surface area contributed by atoms with Crippen LogP contribution < -0.4 is 19.5 Å². The Hall–Kier alpha value is -5.11. The molecule has 0 unspecified atom stereocenters. The van der Waals surface area contributed by atoms with Gasteiger partial charge in [-0.2, -0.15) is 0 Å². The Kier molecular flexibility index (Phi) is 8.29. The standard InChI is InChI=1S/C33H30N2O6/c1-3-17-40-29-15-13-23(18-30(29)39-2)20-35-32(37)27(31(36)34-33(35)38)19-26-25-12-8-7-11-24(25)14-16-28(26)41-21-22-9-5-4-6-10-22/h4-16,18-19H,3,17,20-21H2,1-2H3,(H,34,36,38)/b27-19+. The zero-order chi connectivity index (χ0) is 28.8. The predicted molar refractivity (Wildman–Crippen MR) is 156 cm³/mol. The molecule has 5 rings (SSSR count). The van der Waals surface area contributed by atoms with E-state index in [9.17, 15) is 14.4 Å². The quantitative estimate of drug-likeness (QED) is 0.196. The van der Waals surface area contributed by atoms with E-state index in [1.807, 2.05) is 73.7 Å². The number of nitrogens with zero attached hydrogens (tertiary/aromatic N) is 1. The average Bonchev–Trinajstić information content (AvgIpc) is 3.00. The number of imide groups is 2. The van der Waals surface area contributed by atoms with Crippen molar-refractivity contribution in [1.29, 1.82) is 0 Å². The fraction of sp³-hybridized carbons (Fsp3) is 0.182. The van der Waals surface area contributed by atoms with E-state index in [1.54, 1.807) is 18.2 Å². The highest BCUT2D eigenvalue weighted by atomic mass is 16.5. The lowest BCUT2D eigenvalue weighted by molar-refractivity contribution is -0.130. The van der Waals surface area contributed by atoms with Crippen molar-refractivity contribution < 1.29 is 28.6 Å². The third-order valence-corrected chi connectivity index (χ3v) is 6.67. The molecule has 41 heavy (non-hydrogen) atoms. The van der Waals surface area contributed by atoms with Crippen molar-refractivity contribution in [3.8, 4) is 17.2 Å². The van der Waals surface area contributed by atoms with Crippen LogP contribution >= 0.6 is 0 Å². The molecule has 8 heteroatoms. The van der Waals surface area contributed by atoms with Gasteiger partial charge in [0.15, 0.2) is 11.5 Å². The van der Waals surface area contributed by atoms with E-state index in [0.717, 1.165) is 27.7 Å². The molecule has 1 aliphatic rings. The number of carbonyl (C=O) groups is 3. The molecule has 0 aliphatic carbocycles. The number of rotatable bonds is 10. The fourth-order valence-corrected chi connectivity index (χ4v) is 4.59. The molecule has 1 N–H and O–H groups in total. The van der Waals surface area contributed by atoms with Crippen LogP contribution in [0.2, 0.25) is 0 Å². The first-order chi connectivity index (χ1) is 20.0. The van der Waals surface area contributed by atoms with Crippen LogP contribution in [0.3, 0.4) is 0 Å². The molecule has 0 spiro atoms. The third-order valence-electron chi connectivity index (χ3n) is 6.67. The molecule has 4 aromatic carbocycles. The van der Waals surface area contributed by atoms with Gasteiger partial charge in [0.05, 0.1) is 20.3 Å². The van der Waals surface area contributed by atoms with Crippen LogP contribution in [0.25, 0.3) is 16.8 Å². The van der Waals surface area contributed by atoms with Crippen LogP contribution in [-0.2, 0) is 22.7 Å². The van der Waals surface area contributed by atoms with Crippen molar-refractivity contribution in [2.24, 2.45) is 0 Å². The number of barbiturate groups is 1. The molecule has 1 fully saturated rings. The van der Waals surface area contributed by atoms with Crippen LogP contribution in [0.5, 0.6) is 17.2 Å². The third kappa shape index (κ3) is 6.06. The second-order valence-corrected chi connectivity index (χ2v) is 9.52. The summed E-state index contributed by atoms with van der Waals surface area (Å²) in [5.74, 6) is 0.104. The maximum absolute atomic E-state index is 13.6. The number of urea groups is 1. The lowest BCUT2D eigenvalue weighted by Gasteiger charge is -2.27. The molecule has 1 aliphatic heterocycles. The van der Waals surface area contributed by atoms with Gasteiger partial charge in [-0.1, -0.05) is 73.7 Å². The van der Waals surface area contributed by atoms with Gasteiger partial charge in [-0.3, -0.25) is 19.8 Å². The number of carbonyl (C=O) groups excluding carboxylic acids is 3. The topological polar surface area (TPSA) is 94.2 Å². The molecule has 4 aromatic rings. The van der Waals surface area contributed by atoms with Gasteiger partial charge in [-0.15, -0.1) is 0 Å². The highest BCUT2D eigenvalue weighted by Gasteiger charge is 2.36. The smallest absolute Gasteiger partial charge is 0.331 e. The number of amides is 4. The van der Waals surface area contributed by atoms with Gasteiger partial charge < -0.3 is 14.2 Å². The SMILES string of the molecule is CCCOc1ccc(CN2C(=O)NC(=O)/C(=C\c3c(OCc4ccccc4)ccc4ccccc34)C2=O)cc1OC. The predicted octanol–water partition coefficient (Wildman–Crippen LogP) is 5.88. The van der Waals surface area contributed by atoms with Crippen LogP contribution in [0.4, 0.5) is 4.79 Å². The number of benzene rings is 4. The van der Waals surface area contributed by atoms with E-state index < -0.39 is 17.8 Å². The Bertz CT molecular complexity index is 1630. The minimum atomic E-state index is -0.791. The first kappa shape index (κ1) is 27.5. The number of hydrogen-bond donors (Lipinski definition) is 1. The molecule has 0 aromatic heterocycles. The van der Waals surface area contributed by atoms with Crippen molar-refractivity contribution in [2.45, 2.75) is 26.5 Å². The summed E-state index contributed by atoms with van der Waals surface area (Å²) >= 11 is 0. The first-order valence-electron chi connectivity index (χ1n) is 13.4. The van der Waals surface area contributed by atoms with Crippen molar-refractivity contribution >= 4 is 34.7 Å². The van der Waals surface area contributed by atoms with Gasteiger partial charge in [-0.05, 0) is 52.6 Å². The van der Waals surface area contributed by atoms with Crippen molar-refractivity contribution in [3.05, 3.63) is 107 Å². The van der Waals surface area contributed by atoms with Gasteiger partial charge >= 0.3 is 6.03 Å². The Morgan fingerprint density at radius 3 is 2.34 bits per heavy atom. The number of ether oxygens (including phenoxy) is 3. The Morgan fingerprint density at radius 2 is 1.56 bits per heavy atom. The zero-order valence-corrected chi connectivity index (χ0v) is 22.9.